The molecule has 1 fully saturated rings. The lowest BCUT2D eigenvalue weighted by molar-refractivity contribution is -0.299. The van der Waals surface area contributed by atoms with E-state index in [0.29, 0.717) is 78.4 Å². The van der Waals surface area contributed by atoms with Crippen LogP contribution in [0.1, 0.15) is 0 Å². The SMILES string of the molecule is NCCOCCOCCOCCOCCOCCS.OCC1O[C@H](OCCS)C(O)[C@@H](O)[C@H]1O. The summed E-state index contributed by atoms with van der Waals surface area (Å²) >= 11 is 7.94. The van der Waals surface area contributed by atoms with Crippen molar-refractivity contribution in [2.24, 2.45) is 5.73 Å². The molecule has 14 heteroatoms. The highest BCUT2D eigenvalue weighted by Crippen LogP contribution is 2.21. The normalized spacial score (nSPS) is 24.6. The fraction of sp³-hybridized carbons (Fsp3) is 1.00. The van der Waals surface area contributed by atoms with E-state index in [9.17, 15) is 15.3 Å². The standard InChI is InChI=1S/C12H27NO5S.C8H16O6S/c13-1-2-14-3-4-15-5-6-16-7-8-17-9-10-18-11-12-19;9-3-4-5(10)6(11)7(12)8(14-4)13-1-2-15/h19H,1-13H2;4-12,15H,1-3H2/t;4?,5-,6-,7?,8-/m.0/s1. The maximum Gasteiger partial charge on any atom is 0.186 e. The van der Waals surface area contributed by atoms with Gasteiger partial charge in [0.25, 0.3) is 0 Å². The summed E-state index contributed by atoms with van der Waals surface area (Å²) in [6, 6.07) is 0. The van der Waals surface area contributed by atoms with Crippen LogP contribution in [0, 0.1) is 0 Å². The largest absolute Gasteiger partial charge is 0.394 e. The molecule has 0 spiro atoms. The Labute approximate surface area is 212 Å². The van der Waals surface area contributed by atoms with Crippen LogP contribution < -0.4 is 5.73 Å². The molecule has 206 valence electrons. The number of rotatable bonds is 20. The van der Waals surface area contributed by atoms with Gasteiger partial charge in [-0.1, -0.05) is 0 Å². The van der Waals surface area contributed by atoms with Crippen molar-refractivity contribution < 1.29 is 53.6 Å². The third-order valence-corrected chi connectivity index (χ3v) is 4.57. The highest BCUT2D eigenvalue weighted by atomic mass is 32.1. The highest BCUT2D eigenvalue weighted by Gasteiger charge is 2.43. The Morgan fingerprint density at radius 3 is 1.47 bits per heavy atom. The van der Waals surface area contributed by atoms with E-state index in [4.69, 9.17) is 44.0 Å². The molecule has 0 radical (unpaired) electrons. The average molecular weight is 538 g/mol. The van der Waals surface area contributed by atoms with Crippen molar-refractivity contribution in [3.05, 3.63) is 0 Å². The lowest BCUT2D eigenvalue weighted by Crippen LogP contribution is -2.59. The van der Waals surface area contributed by atoms with Crippen LogP contribution in [0.25, 0.3) is 0 Å². The molecular weight excluding hydrogens is 494 g/mol. The Morgan fingerprint density at radius 2 is 1.06 bits per heavy atom. The Kier molecular flexibility index (Phi) is 25.1. The van der Waals surface area contributed by atoms with Crippen molar-refractivity contribution in [1.29, 1.82) is 0 Å². The fourth-order valence-electron chi connectivity index (χ4n) is 2.50. The Morgan fingerprint density at radius 1 is 0.618 bits per heavy atom. The molecule has 0 amide bonds. The van der Waals surface area contributed by atoms with E-state index in [1.165, 1.54) is 0 Å². The molecule has 34 heavy (non-hydrogen) atoms. The van der Waals surface area contributed by atoms with Crippen molar-refractivity contribution in [2.75, 3.05) is 97.3 Å². The van der Waals surface area contributed by atoms with Crippen molar-refractivity contribution in [3.63, 3.8) is 0 Å². The molecule has 0 saturated carbocycles. The third-order valence-electron chi connectivity index (χ3n) is 4.21. The van der Waals surface area contributed by atoms with Crippen LogP contribution in [0.5, 0.6) is 0 Å². The molecule has 5 atom stereocenters. The Balaban J connectivity index is 0.000000657. The summed E-state index contributed by atoms with van der Waals surface area (Å²) in [6.07, 6.45) is -6.04. The molecule has 1 saturated heterocycles. The van der Waals surface area contributed by atoms with Crippen LogP contribution in [-0.4, -0.2) is 148 Å². The molecule has 0 bridgehead atoms. The van der Waals surface area contributed by atoms with E-state index < -0.39 is 37.3 Å². The van der Waals surface area contributed by atoms with Crippen molar-refractivity contribution in [3.8, 4) is 0 Å². The van der Waals surface area contributed by atoms with E-state index in [-0.39, 0.29) is 6.61 Å². The van der Waals surface area contributed by atoms with Crippen LogP contribution in [0.4, 0.5) is 0 Å². The second-order valence-electron chi connectivity index (χ2n) is 6.87. The smallest absolute Gasteiger partial charge is 0.186 e. The van der Waals surface area contributed by atoms with E-state index in [1.807, 2.05) is 0 Å². The van der Waals surface area contributed by atoms with E-state index in [2.05, 4.69) is 25.3 Å². The van der Waals surface area contributed by atoms with E-state index in [0.717, 1.165) is 5.75 Å². The summed E-state index contributed by atoms with van der Waals surface area (Å²) in [7, 11) is 0. The topological polar surface area (TPSA) is 172 Å². The van der Waals surface area contributed by atoms with Crippen molar-refractivity contribution in [1.82, 2.24) is 0 Å². The molecule has 0 aliphatic carbocycles. The maximum absolute atomic E-state index is 9.48. The Hall–Kier alpha value is 0.220. The zero-order valence-electron chi connectivity index (χ0n) is 19.6. The quantitative estimate of drug-likeness (QED) is 0.0655. The summed E-state index contributed by atoms with van der Waals surface area (Å²) < 4.78 is 36.4. The first-order valence-electron chi connectivity index (χ1n) is 11.3. The molecule has 1 heterocycles. The molecule has 2 unspecified atom stereocenters. The van der Waals surface area contributed by atoms with Gasteiger partial charge in [-0.3, -0.25) is 0 Å². The lowest BCUT2D eigenvalue weighted by atomic mass is 9.99. The van der Waals surface area contributed by atoms with Gasteiger partial charge < -0.3 is 59.3 Å². The van der Waals surface area contributed by atoms with Crippen molar-refractivity contribution in [2.45, 2.75) is 30.7 Å². The molecule has 6 N–H and O–H groups in total. The highest BCUT2D eigenvalue weighted by molar-refractivity contribution is 7.80. The monoisotopic (exact) mass is 537 g/mol. The van der Waals surface area contributed by atoms with Crippen LogP contribution in [0.15, 0.2) is 0 Å². The van der Waals surface area contributed by atoms with Gasteiger partial charge in [0.05, 0.1) is 79.3 Å². The number of nitrogens with two attached hydrogens (primary N) is 1. The summed E-state index contributed by atoms with van der Waals surface area (Å²) in [6.45, 7) is 6.19. The lowest BCUT2D eigenvalue weighted by Gasteiger charge is -2.39. The zero-order chi connectivity index (χ0) is 25.4. The average Bonchev–Trinajstić information content (AvgIpc) is 2.85. The first kappa shape index (κ1) is 34.2. The third kappa shape index (κ3) is 17.6. The van der Waals surface area contributed by atoms with Crippen LogP contribution >= 0.6 is 25.3 Å². The molecule has 0 aromatic heterocycles. The van der Waals surface area contributed by atoms with Crippen LogP contribution in [-0.2, 0) is 33.2 Å². The predicted octanol–water partition coefficient (Wildman–Crippen LogP) is -2.31. The minimum atomic E-state index is -1.39. The van der Waals surface area contributed by atoms with Crippen LogP contribution in [0.3, 0.4) is 0 Å². The van der Waals surface area contributed by atoms with Gasteiger partial charge in [-0.2, -0.15) is 25.3 Å². The number of hydrogen-bond donors (Lipinski definition) is 7. The van der Waals surface area contributed by atoms with Crippen molar-refractivity contribution >= 4 is 25.3 Å². The molecule has 1 aliphatic rings. The fourth-order valence-corrected chi connectivity index (χ4v) is 2.74. The summed E-state index contributed by atoms with van der Waals surface area (Å²) in [5, 5.41) is 37.2. The number of ether oxygens (including phenoxy) is 7. The molecule has 1 aliphatic heterocycles. The summed E-state index contributed by atoms with van der Waals surface area (Å²) in [5.41, 5.74) is 5.27. The van der Waals surface area contributed by atoms with Gasteiger partial charge in [0, 0.05) is 18.1 Å². The van der Waals surface area contributed by atoms with Gasteiger partial charge in [-0.05, 0) is 0 Å². The Bertz CT molecular complexity index is 414. The number of hydrogen-bond acceptors (Lipinski definition) is 14. The summed E-state index contributed by atoms with van der Waals surface area (Å²) in [4.78, 5) is 0. The number of aliphatic hydroxyl groups excluding tert-OH is 4. The van der Waals surface area contributed by atoms with E-state index >= 15 is 0 Å². The van der Waals surface area contributed by atoms with Gasteiger partial charge in [0.2, 0.25) is 0 Å². The molecule has 0 aromatic carbocycles. The molecular formula is C20H43NO11S2. The first-order chi connectivity index (χ1) is 16.5. The molecule has 0 aromatic rings. The second kappa shape index (κ2) is 24.9. The minimum Gasteiger partial charge on any atom is -0.394 e. The van der Waals surface area contributed by atoms with Gasteiger partial charge >= 0.3 is 0 Å². The molecule has 12 nitrogen and oxygen atoms in total. The summed E-state index contributed by atoms with van der Waals surface area (Å²) in [5.74, 6) is 1.18. The number of thiol groups is 2. The first-order valence-corrected chi connectivity index (χ1v) is 12.5. The molecule has 1 rings (SSSR count). The van der Waals surface area contributed by atoms with E-state index in [1.54, 1.807) is 0 Å². The second-order valence-corrected chi connectivity index (χ2v) is 7.76. The predicted molar refractivity (Wildman–Crippen MR) is 131 cm³/mol. The zero-order valence-corrected chi connectivity index (χ0v) is 21.4. The maximum atomic E-state index is 9.48. The van der Waals surface area contributed by atoms with Gasteiger partial charge in [-0.25, -0.2) is 0 Å². The van der Waals surface area contributed by atoms with Gasteiger partial charge in [0.15, 0.2) is 6.29 Å². The van der Waals surface area contributed by atoms with Gasteiger partial charge in [0.1, 0.15) is 24.4 Å². The number of aliphatic hydroxyl groups is 4. The minimum absolute atomic E-state index is 0.242. The van der Waals surface area contributed by atoms with Crippen LogP contribution in [0.2, 0.25) is 0 Å². The van der Waals surface area contributed by atoms with Gasteiger partial charge in [-0.15, -0.1) is 0 Å².